The summed E-state index contributed by atoms with van der Waals surface area (Å²) in [6.45, 7) is 7.63. The minimum absolute atomic E-state index is 0.0200. The SMILES string of the molecule is CC(=O)O[C@H]1CC[C@@]2(C)C(=CC[C@@H]3[C@@H]2CC[C@]2(C)C(=O)[C@@H](SC(C)=O)C[C@@H]32)C1. The summed E-state index contributed by atoms with van der Waals surface area (Å²) in [6, 6.07) is 0. The van der Waals surface area contributed by atoms with Crippen LogP contribution in [0.3, 0.4) is 0 Å². The topological polar surface area (TPSA) is 60.4 Å². The first-order valence-corrected chi connectivity index (χ1v) is 11.6. The van der Waals surface area contributed by atoms with Crippen LogP contribution in [0.15, 0.2) is 11.6 Å². The molecule has 0 radical (unpaired) electrons. The molecule has 7 atom stereocenters. The highest BCUT2D eigenvalue weighted by Crippen LogP contribution is 2.64. The van der Waals surface area contributed by atoms with Gasteiger partial charge in [0.1, 0.15) is 6.10 Å². The Bertz CT molecular complexity index is 743. The standard InChI is InChI=1S/C23H32O4S/c1-13(24)27-16-7-9-22(3)15(11-16)5-6-17-18(22)8-10-23(4)19(17)12-20(21(23)26)28-14(2)25/h5,16-20H,6-12H2,1-4H3/t16-,17+,18-,19-,20-,22-,23-/m0/s1. The summed E-state index contributed by atoms with van der Waals surface area (Å²) in [5, 5.41) is -0.0946. The molecule has 28 heavy (non-hydrogen) atoms. The minimum Gasteiger partial charge on any atom is -0.462 e. The number of ketones is 1. The van der Waals surface area contributed by atoms with Crippen molar-refractivity contribution in [2.75, 3.05) is 0 Å². The summed E-state index contributed by atoms with van der Waals surface area (Å²) in [6.07, 6.45) is 9.19. The van der Waals surface area contributed by atoms with E-state index in [1.807, 2.05) is 0 Å². The van der Waals surface area contributed by atoms with Crippen molar-refractivity contribution < 1.29 is 19.1 Å². The zero-order valence-corrected chi connectivity index (χ0v) is 18.3. The molecule has 3 fully saturated rings. The van der Waals surface area contributed by atoms with Crippen LogP contribution < -0.4 is 0 Å². The zero-order chi connectivity index (χ0) is 20.3. The van der Waals surface area contributed by atoms with E-state index in [9.17, 15) is 14.4 Å². The van der Waals surface area contributed by atoms with Crippen LogP contribution in [-0.4, -0.2) is 28.2 Å². The van der Waals surface area contributed by atoms with Crippen molar-refractivity contribution in [1.29, 1.82) is 0 Å². The monoisotopic (exact) mass is 404 g/mol. The Kier molecular flexibility index (Phi) is 5.05. The van der Waals surface area contributed by atoms with Crippen molar-refractivity contribution in [3.8, 4) is 0 Å². The first kappa shape index (κ1) is 20.2. The maximum absolute atomic E-state index is 13.1. The number of carbonyl (C=O) groups excluding carboxylic acids is 3. The van der Waals surface area contributed by atoms with Gasteiger partial charge < -0.3 is 4.74 Å². The number of carbonyl (C=O) groups is 3. The van der Waals surface area contributed by atoms with Gasteiger partial charge in [0.15, 0.2) is 10.9 Å². The molecule has 3 saturated carbocycles. The molecule has 0 aliphatic heterocycles. The molecule has 4 aliphatic rings. The molecule has 0 spiro atoms. The van der Waals surface area contributed by atoms with Crippen molar-refractivity contribution in [1.82, 2.24) is 0 Å². The summed E-state index contributed by atoms with van der Waals surface area (Å²) in [5.41, 5.74) is 1.37. The lowest BCUT2D eigenvalue weighted by atomic mass is 9.48. The quantitative estimate of drug-likeness (QED) is 0.493. The van der Waals surface area contributed by atoms with Crippen molar-refractivity contribution in [3.63, 3.8) is 0 Å². The van der Waals surface area contributed by atoms with E-state index in [0.29, 0.717) is 23.5 Å². The summed E-state index contributed by atoms with van der Waals surface area (Å²) in [5.74, 6) is 1.64. The van der Waals surface area contributed by atoms with Gasteiger partial charge in [0, 0.05) is 25.7 Å². The molecule has 5 heteroatoms. The Hall–Kier alpha value is -1.10. The predicted molar refractivity (Wildman–Crippen MR) is 110 cm³/mol. The van der Waals surface area contributed by atoms with Crippen molar-refractivity contribution in [2.24, 2.45) is 28.6 Å². The van der Waals surface area contributed by atoms with Crippen molar-refractivity contribution in [2.45, 2.75) is 84.0 Å². The van der Waals surface area contributed by atoms with Crippen LogP contribution in [0.25, 0.3) is 0 Å². The Balaban J connectivity index is 1.58. The number of ether oxygens (including phenoxy) is 1. The Morgan fingerprint density at radius 2 is 1.82 bits per heavy atom. The summed E-state index contributed by atoms with van der Waals surface area (Å²) in [4.78, 5) is 36.2. The van der Waals surface area contributed by atoms with E-state index >= 15 is 0 Å². The first-order valence-electron chi connectivity index (χ1n) is 10.7. The number of rotatable bonds is 2. The van der Waals surface area contributed by atoms with Crippen LogP contribution in [0.2, 0.25) is 0 Å². The van der Waals surface area contributed by atoms with E-state index in [-0.39, 0.29) is 33.3 Å². The van der Waals surface area contributed by atoms with Crippen LogP contribution in [0.4, 0.5) is 0 Å². The fourth-order valence-corrected chi connectivity index (χ4v) is 8.11. The van der Waals surface area contributed by atoms with Gasteiger partial charge in [-0.3, -0.25) is 14.4 Å². The fourth-order valence-electron chi connectivity index (χ4n) is 7.03. The van der Waals surface area contributed by atoms with Crippen LogP contribution >= 0.6 is 11.8 Å². The molecule has 0 amide bonds. The Labute approximate surface area is 172 Å². The number of Topliss-reactive ketones (excluding diaryl/α,β-unsaturated/α-hetero) is 1. The van der Waals surface area contributed by atoms with Gasteiger partial charge in [-0.25, -0.2) is 0 Å². The Morgan fingerprint density at radius 3 is 2.50 bits per heavy atom. The maximum Gasteiger partial charge on any atom is 0.302 e. The molecule has 0 unspecified atom stereocenters. The molecule has 0 aromatic carbocycles. The van der Waals surface area contributed by atoms with Gasteiger partial charge in [-0.2, -0.15) is 0 Å². The van der Waals surface area contributed by atoms with E-state index in [1.165, 1.54) is 24.3 Å². The highest BCUT2D eigenvalue weighted by Gasteiger charge is 2.61. The normalized spacial score (nSPS) is 44.8. The second-order valence-electron chi connectivity index (χ2n) is 9.89. The lowest BCUT2D eigenvalue weighted by Crippen LogP contribution is -2.50. The molecular formula is C23H32O4S. The van der Waals surface area contributed by atoms with Gasteiger partial charge in [0.25, 0.3) is 0 Å². The zero-order valence-electron chi connectivity index (χ0n) is 17.5. The number of hydrogen-bond acceptors (Lipinski definition) is 5. The van der Waals surface area contributed by atoms with E-state index in [0.717, 1.165) is 44.9 Å². The maximum atomic E-state index is 13.1. The second-order valence-corrected chi connectivity index (χ2v) is 11.3. The van der Waals surface area contributed by atoms with Crippen molar-refractivity contribution in [3.05, 3.63) is 11.6 Å². The number of allylic oxidation sites excluding steroid dienone is 1. The van der Waals surface area contributed by atoms with E-state index in [4.69, 9.17) is 4.74 Å². The van der Waals surface area contributed by atoms with Gasteiger partial charge in [0.2, 0.25) is 0 Å². The van der Waals surface area contributed by atoms with Gasteiger partial charge in [-0.15, -0.1) is 0 Å². The molecule has 0 saturated heterocycles. The lowest BCUT2D eigenvalue weighted by molar-refractivity contribution is -0.148. The predicted octanol–water partition coefficient (Wildman–Crippen LogP) is 4.71. The molecule has 0 aromatic rings. The summed E-state index contributed by atoms with van der Waals surface area (Å²) >= 11 is 1.25. The van der Waals surface area contributed by atoms with Crippen LogP contribution in [0.1, 0.15) is 72.6 Å². The summed E-state index contributed by atoms with van der Waals surface area (Å²) < 4.78 is 5.51. The molecular weight excluding hydrogens is 372 g/mol. The average molecular weight is 405 g/mol. The molecule has 0 N–H and O–H groups in total. The van der Waals surface area contributed by atoms with E-state index in [2.05, 4.69) is 19.9 Å². The minimum atomic E-state index is -0.259. The fraction of sp³-hybridized carbons (Fsp3) is 0.783. The first-order chi connectivity index (χ1) is 13.1. The largest absolute Gasteiger partial charge is 0.462 e. The highest BCUT2D eigenvalue weighted by molar-refractivity contribution is 8.14. The molecule has 4 nitrogen and oxygen atoms in total. The number of fused-ring (bicyclic) bond motifs is 5. The van der Waals surface area contributed by atoms with Gasteiger partial charge >= 0.3 is 5.97 Å². The van der Waals surface area contributed by atoms with E-state index in [1.54, 1.807) is 6.92 Å². The molecule has 4 rings (SSSR count). The van der Waals surface area contributed by atoms with Crippen LogP contribution in [0, 0.1) is 28.6 Å². The molecule has 154 valence electrons. The van der Waals surface area contributed by atoms with Gasteiger partial charge in [-0.1, -0.05) is 37.3 Å². The highest BCUT2D eigenvalue weighted by atomic mass is 32.2. The molecule has 0 heterocycles. The van der Waals surface area contributed by atoms with Crippen molar-refractivity contribution >= 4 is 28.6 Å². The van der Waals surface area contributed by atoms with E-state index < -0.39 is 0 Å². The smallest absolute Gasteiger partial charge is 0.302 e. The van der Waals surface area contributed by atoms with Gasteiger partial charge in [-0.05, 0) is 61.7 Å². The third-order valence-corrected chi connectivity index (χ3v) is 9.44. The molecule has 4 aliphatic carbocycles. The molecule has 0 aromatic heterocycles. The number of hydrogen-bond donors (Lipinski definition) is 0. The third kappa shape index (κ3) is 3.09. The molecule has 0 bridgehead atoms. The van der Waals surface area contributed by atoms with Crippen LogP contribution in [0.5, 0.6) is 0 Å². The van der Waals surface area contributed by atoms with Crippen LogP contribution in [-0.2, 0) is 19.1 Å². The Morgan fingerprint density at radius 1 is 1.11 bits per heavy atom. The second kappa shape index (κ2) is 7.00. The number of esters is 1. The average Bonchev–Trinajstić information content (AvgIpc) is 2.86. The number of thioether (sulfide) groups is 1. The third-order valence-electron chi connectivity index (χ3n) is 8.41. The summed E-state index contributed by atoms with van der Waals surface area (Å²) in [7, 11) is 0. The van der Waals surface area contributed by atoms with Gasteiger partial charge in [0.05, 0.1) is 5.25 Å². The lowest BCUT2D eigenvalue weighted by Gasteiger charge is -2.56.